The maximum absolute atomic E-state index is 8.68. The molecular weight excluding hydrogens is 252 g/mol. The van der Waals surface area contributed by atoms with Crippen LogP contribution >= 0.6 is 23.1 Å². The van der Waals surface area contributed by atoms with E-state index in [-0.39, 0.29) is 6.61 Å². The van der Waals surface area contributed by atoms with Gasteiger partial charge in [-0.2, -0.15) is 0 Å². The van der Waals surface area contributed by atoms with Crippen LogP contribution in [0.1, 0.15) is 10.4 Å². The normalized spacial score (nSPS) is 10.0. The van der Waals surface area contributed by atoms with Gasteiger partial charge >= 0.3 is 0 Å². The number of aromatic nitrogens is 2. The Labute approximate surface area is 109 Å². The maximum atomic E-state index is 8.68. The van der Waals surface area contributed by atoms with Gasteiger partial charge in [-0.05, 0) is 11.4 Å². The van der Waals surface area contributed by atoms with E-state index in [0.717, 1.165) is 16.5 Å². The van der Waals surface area contributed by atoms with Gasteiger partial charge in [-0.25, -0.2) is 4.98 Å². The Morgan fingerprint density at radius 1 is 1.59 bits per heavy atom. The minimum atomic E-state index is -0.0954. The average molecular weight is 264 g/mol. The number of rotatable bonds is 3. The van der Waals surface area contributed by atoms with Crippen molar-refractivity contribution >= 4 is 23.1 Å². The fraction of sp³-hybridized carbons (Fsp3) is 0.250. The molecule has 2 heterocycles. The number of hydrogen-bond acceptors (Lipinski definition) is 4. The zero-order valence-corrected chi connectivity index (χ0v) is 11.0. The average Bonchev–Trinajstić information content (AvgIpc) is 2.93. The molecule has 0 radical (unpaired) electrons. The highest BCUT2D eigenvalue weighted by Crippen LogP contribution is 2.26. The van der Waals surface area contributed by atoms with Crippen molar-refractivity contribution in [2.24, 2.45) is 7.05 Å². The number of aryl methyl sites for hydroxylation is 1. The Balaban J connectivity index is 2.04. The molecule has 88 valence electrons. The second kappa shape index (κ2) is 5.92. The van der Waals surface area contributed by atoms with Gasteiger partial charge in [0.1, 0.15) is 6.61 Å². The lowest BCUT2D eigenvalue weighted by atomic mass is 10.3. The predicted octanol–water partition coefficient (Wildman–Crippen LogP) is 2.12. The summed E-state index contributed by atoms with van der Waals surface area (Å²) in [5, 5.41) is 11.7. The van der Waals surface area contributed by atoms with Crippen molar-refractivity contribution in [3.8, 4) is 11.8 Å². The minimum absolute atomic E-state index is 0.0954. The molecule has 0 aliphatic heterocycles. The third kappa shape index (κ3) is 3.13. The van der Waals surface area contributed by atoms with Crippen molar-refractivity contribution in [2.75, 3.05) is 6.61 Å². The van der Waals surface area contributed by atoms with E-state index in [4.69, 9.17) is 5.11 Å². The predicted molar refractivity (Wildman–Crippen MR) is 71.1 cm³/mol. The first-order chi connectivity index (χ1) is 8.31. The van der Waals surface area contributed by atoms with E-state index in [0.29, 0.717) is 0 Å². The standard InChI is InChI=1S/C12H12N2OS2/c1-14-6-5-13-12(14)17-9-11-10(3-2-7-15)4-8-16-11/h4-6,8,15H,7,9H2,1H3. The number of aliphatic hydroxyl groups excluding tert-OH is 1. The van der Waals surface area contributed by atoms with Crippen molar-refractivity contribution in [3.63, 3.8) is 0 Å². The zero-order chi connectivity index (χ0) is 12.1. The highest BCUT2D eigenvalue weighted by Gasteiger charge is 2.05. The first-order valence-electron chi connectivity index (χ1n) is 5.07. The van der Waals surface area contributed by atoms with E-state index in [9.17, 15) is 0 Å². The van der Waals surface area contributed by atoms with Crippen LogP contribution in [0.2, 0.25) is 0 Å². The quantitative estimate of drug-likeness (QED) is 0.681. The molecule has 0 aromatic carbocycles. The molecule has 0 amide bonds. The first-order valence-corrected chi connectivity index (χ1v) is 6.94. The number of thiophene rings is 1. The fourth-order valence-electron chi connectivity index (χ4n) is 1.32. The summed E-state index contributed by atoms with van der Waals surface area (Å²) in [6, 6.07) is 1.99. The van der Waals surface area contributed by atoms with E-state index in [2.05, 4.69) is 16.8 Å². The molecule has 3 nitrogen and oxygen atoms in total. The third-order valence-corrected chi connectivity index (χ3v) is 4.35. The van der Waals surface area contributed by atoms with Gasteiger partial charge in [0.25, 0.3) is 0 Å². The molecule has 5 heteroatoms. The summed E-state index contributed by atoms with van der Waals surface area (Å²) in [5.41, 5.74) is 1.01. The van der Waals surface area contributed by atoms with E-state index in [1.807, 2.05) is 29.3 Å². The van der Waals surface area contributed by atoms with Crippen molar-refractivity contribution in [1.82, 2.24) is 9.55 Å². The summed E-state index contributed by atoms with van der Waals surface area (Å²) in [4.78, 5) is 5.48. The van der Waals surface area contributed by atoms with Crippen LogP contribution in [0.5, 0.6) is 0 Å². The number of imidazole rings is 1. The van der Waals surface area contributed by atoms with Gasteiger partial charge < -0.3 is 9.67 Å². The topological polar surface area (TPSA) is 38.0 Å². The van der Waals surface area contributed by atoms with Crippen LogP contribution in [0.25, 0.3) is 0 Å². The van der Waals surface area contributed by atoms with E-state index in [1.165, 1.54) is 4.88 Å². The molecule has 0 spiro atoms. The molecule has 0 bridgehead atoms. The van der Waals surface area contributed by atoms with Crippen molar-refractivity contribution in [1.29, 1.82) is 0 Å². The van der Waals surface area contributed by atoms with Crippen molar-refractivity contribution in [3.05, 3.63) is 34.3 Å². The molecule has 0 aliphatic rings. The largest absolute Gasteiger partial charge is 0.384 e. The number of nitrogens with zero attached hydrogens (tertiary/aromatic N) is 2. The second-order valence-electron chi connectivity index (χ2n) is 3.33. The van der Waals surface area contributed by atoms with E-state index in [1.54, 1.807) is 29.3 Å². The molecule has 2 rings (SSSR count). The molecule has 0 atom stereocenters. The van der Waals surface area contributed by atoms with Gasteiger partial charge in [-0.1, -0.05) is 23.6 Å². The van der Waals surface area contributed by atoms with Crippen LogP contribution < -0.4 is 0 Å². The smallest absolute Gasteiger partial charge is 0.168 e. The van der Waals surface area contributed by atoms with Crippen molar-refractivity contribution in [2.45, 2.75) is 10.9 Å². The lowest BCUT2D eigenvalue weighted by molar-refractivity contribution is 0.350. The fourth-order valence-corrected chi connectivity index (χ4v) is 3.20. The molecule has 0 saturated carbocycles. The van der Waals surface area contributed by atoms with Crippen LogP contribution in [-0.4, -0.2) is 21.3 Å². The molecule has 0 fully saturated rings. The van der Waals surface area contributed by atoms with Gasteiger partial charge in [-0.15, -0.1) is 11.3 Å². The summed E-state index contributed by atoms with van der Waals surface area (Å²) in [6.07, 6.45) is 3.73. The zero-order valence-electron chi connectivity index (χ0n) is 9.38. The van der Waals surface area contributed by atoms with Crippen LogP contribution in [0.15, 0.2) is 29.0 Å². The lowest BCUT2D eigenvalue weighted by Crippen LogP contribution is -1.89. The van der Waals surface area contributed by atoms with Crippen LogP contribution in [-0.2, 0) is 12.8 Å². The van der Waals surface area contributed by atoms with Crippen LogP contribution in [0, 0.1) is 11.8 Å². The molecule has 0 aliphatic carbocycles. The molecule has 1 N–H and O–H groups in total. The molecule has 2 aromatic rings. The monoisotopic (exact) mass is 264 g/mol. The maximum Gasteiger partial charge on any atom is 0.168 e. The highest BCUT2D eigenvalue weighted by molar-refractivity contribution is 7.98. The summed E-state index contributed by atoms with van der Waals surface area (Å²) in [5.74, 6) is 6.49. The minimum Gasteiger partial charge on any atom is -0.384 e. The van der Waals surface area contributed by atoms with E-state index < -0.39 is 0 Å². The molecule has 2 aromatic heterocycles. The van der Waals surface area contributed by atoms with Gasteiger partial charge in [0, 0.05) is 35.6 Å². The molecule has 0 unspecified atom stereocenters. The summed E-state index contributed by atoms with van der Waals surface area (Å²) in [7, 11) is 1.98. The van der Waals surface area contributed by atoms with Gasteiger partial charge in [0.15, 0.2) is 5.16 Å². The first kappa shape index (κ1) is 12.2. The molecule has 17 heavy (non-hydrogen) atoms. The van der Waals surface area contributed by atoms with Crippen LogP contribution in [0.3, 0.4) is 0 Å². The Bertz CT molecular complexity index is 548. The Kier molecular flexibility index (Phi) is 4.26. The van der Waals surface area contributed by atoms with Gasteiger partial charge in [-0.3, -0.25) is 0 Å². The SMILES string of the molecule is Cn1ccnc1SCc1sccc1C#CCO. The Morgan fingerprint density at radius 2 is 2.47 bits per heavy atom. The van der Waals surface area contributed by atoms with Crippen molar-refractivity contribution < 1.29 is 5.11 Å². The molecular formula is C12H12N2OS2. The third-order valence-electron chi connectivity index (χ3n) is 2.16. The summed E-state index contributed by atoms with van der Waals surface area (Å²) < 4.78 is 2.00. The number of aliphatic hydroxyl groups is 1. The van der Waals surface area contributed by atoms with Gasteiger partial charge in [0.05, 0.1) is 0 Å². The Morgan fingerprint density at radius 3 is 3.18 bits per heavy atom. The molecule has 0 saturated heterocycles. The number of hydrogen-bond donors (Lipinski definition) is 1. The summed E-state index contributed by atoms with van der Waals surface area (Å²) in [6.45, 7) is -0.0954. The second-order valence-corrected chi connectivity index (χ2v) is 5.27. The van der Waals surface area contributed by atoms with E-state index >= 15 is 0 Å². The summed E-state index contributed by atoms with van der Waals surface area (Å²) >= 11 is 3.38. The van der Waals surface area contributed by atoms with Crippen LogP contribution in [0.4, 0.5) is 0 Å². The van der Waals surface area contributed by atoms with Gasteiger partial charge in [0.2, 0.25) is 0 Å². The Hall–Kier alpha value is -1.22. The number of thioether (sulfide) groups is 1. The highest BCUT2D eigenvalue weighted by atomic mass is 32.2. The lowest BCUT2D eigenvalue weighted by Gasteiger charge is -2.00.